The summed E-state index contributed by atoms with van der Waals surface area (Å²) in [6, 6.07) is 24.0. The number of aromatic nitrogens is 2. The van der Waals surface area contributed by atoms with Gasteiger partial charge in [-0.1, -0.05) is 48.5 Å². The van der Waals surface area contributed by atoms with Gasteiger partial charge in [-0.25, -0.2) is 4.98 Å². The van der Waals surface area contributed by atoms with Crippen molar-refractivity contribution in [2.75, 3.05) is 14.2 Å². The summed E-state index contributed by atoms with van der Waals surface area (Å²) in [5.41, 5.74) is 4.86. The van der Waals surface area contributed by atoms with Gasteiger partial charge in [-0.05, 0) is 41.0 Å². The van der Waals surface area contributed by atoms with Gasteiger partial charge >= 0.3 is 0 Å². The predicted octanol–water partition coefficient (Wildman–Crippen LogP) is 5.04. The van der Waals surface area contributed by atoms with E-state index in [-0.39, 0.29) is 12.2 Å². The van der Waals surface area contributed by atoms with Crippen molar-refractivity contribution >= 4 is 5.78 Å². The minimum atomic E-state index is -0.0164. The number of methoxy groups -OCH3 is 2. The Morgan fingerprint density at radius 3 is 2.42 bits per heavy atom. The van der Waals surface area contributed by atoms with E-state index in [9.17, 15) is 4.79 Å². The Labute approximate surface area is 181 Å². The highest BCUT2D eigenvalue weighted by atomic mass is 16.5. The van der Waals surface area contributed by atoms with Crippen LogP contribution in [0, 0.1) is 0 Å². The first-order valence-corrected chi connectivity index (χ1v) is 10.1. The number of imidazole rings is 1. The fraction of sp³-hybridized carbons (Fsp3) is 0.154. The van der Waals surface area contributed by atoms with Crippen LogP contribution in [-0.2, 0) is 13.0 Å². The van der Waals surface area contributed by atoms with Crippen molar-refractivity contribution in [2.45, 2.75) is 13.0 Å². The van der Waals surface area contributed by atoms with Crippen LogP contribution in [0.1, 0.15) is 21.6 Å². The number of carbonyl (C=O) groups excluding carboxylic acids is 1. The maximum atomic E-state index is 12.7. The molecule has 4 rings (SSSR count). The Hall–Kier alpha value is -3.86. The van der Waals surface area contributed by atoms with Gasteiger partial charge in [0.1, 0.15) is 0 Å². The average molecular weight is 412 g/mol. The molecule has 0 unspecified atom stereocenters. The maximum absolute atomic E-state index is 12.7. The van der Waals surface area contributed by atoms with Gasteiger partial charge in [-0.3, -0.25) is 4.79 Å². The van der Waals surface area contributed by atoms with Crippen LogP contribution in [0.15, 0.2) is 85.3 Å². The first-order chi connectivity index (χ1) is 15.2. The molecular formula is C26H24N2O3. The van der Waals surface area contributed by atoms with Crippen LogP contribution >= 0.6 is 0 Å². The van der Waals surface area contributed by atoms with Crippen LogP contribution < -0.4 is 9.47 Å². The van der Waals surface area contributed by atoms with E-state index in [4.69, 9.17) is 9.47 Å². The predicted molar refractivity (Wildman–Crippen MR) is 121 cm³/mol. The molecule has 1 heterocycles. The van der Waals surface area contributed by atoms with E-state index in [2.05, 4.69) is 41.4 Å². The van der Waals surface area contributed by atoms with Gasteiger partial charge in [-0.2, -0.15) is 0 Å². The number of rotatable bonds is 8. The van der Waals surface area contributed by atoms with Crippen LogP contribution in [-0.4, -0.2) is 29.6 Å². The van der Waals surface area contributed by atoms with Gasteiger partial charge in [0.25, 0.3) is 0 Å². The largest absolute Gasteiger partial charge is 0.493 e. The van der Waals surface area contributed by atoms with E-state index in [1.807, 2.05) is 29.0 Å². The third kappa shape index (κ3) is 4.83. The van der Waals surface area contributed by atoms with Crippen LogP contribution in [0.4, 0.5) is 0 Å². The Balaban J connectivity index is 1.45. The summed E-state index contributed by atoms with van der Waals surface area (Å²) in [7, 11) is 3.13. The van der Waals surface area contributed by atoms with E-state index in [1.54, 1.807) is 38.7 Å². The van der Waals surface area contributed by atoms with Gasteiger partial charge in [0.2, 0.25) is 0 Å². The molecule has 0 saturated heterocycles. The van der Waals surface area contributed by atoms with Crippen molar-refractivity contribution in [3.63, 3.8) is 0 Å². The number of hydrogen-bond acceptors (Lipinski definition) is 4. The minimum Gasteiger partial charge on any atom is -0.493 e. The molecule has 0 bridgehead atoms. The number of benzene rings is 3. The molecule has 4 aromatic rings. The number of nitrogens with zero attached hydrogens (tertiary/aromatic N) is 2. The third-order valence-corrected chi connectivity index (χ3v) is 5.13. The van der Waals surface area contributed by atoms with Gasteiger partial charge in [0.15, 0.2) is 17.3 Å². The second-order valence-corrected chi connectivity index (χ2v) is 7.27. The lowest BCUT2D eigenvalue weighted by Gasteiger charge is -2.08. The summed E-state index contributed by atoms with van der Waals surface area (Å²) < 4.78 is 12.5. The summed E-state index contributed by atoms with van der Waals surface area (Å²) in [5, 5.41) is 0. The summed E-state index contributed by atoms with van der Waals surface area (Å²) in [5.74, 6) is 1.12. The molecule has 31 heavy (non-hydrogen) atoms. The lowest BCUT2D eigenvalue weighted by Crippen LogP contribution is -2.05. The molecule has 5 heteroatoms. The van der Waals surface area contributed by atoms with Crippen molar-refractivity contribution in [1.82, 2.24) is 9.55 Å². The highest BCUT2D eigenvalue weighted by Gasteiger charge is 2.13. The number of ether oxygens (including phenoxy) is 2. The Morgan fingerprint density at radius 1 is 0.871 bits per heavy atom. The molecule has 156 valence electrons. The van der Waals surface area contributed by atoms with Crippen LogP contribution in [0.2, 0.25) is 0 Å². The maximum Gasteiger partial charge on any atom is 0.169 e. The molecule has 0 saturated carbocycles. The standard InChI is InChI=1S/C26H24N2O3/c1-30-25-12-11-22(14-26(25)31-2)24(29)15-23-17-28(18-27-23)16-19-7-6-10-21(13-19)20-8-4-3-5-9-20/h3-14,17-18H,15-16H2,1-2H3. The van der Waals surface area contributed by atoms with Crippen LogP contribution in [0.5, 0.6) is 11.5 Å². The van der Waals surface area contributed by atoms with Crippen molar-refractivity contribution in [3.05, 3.63) is 102 Å². The first-order valence-electron chi connectivity index (χ1n) is 10.1. The summed E-state index contributed by atoms with van der Waals surface area (Å²) in [6.07, 6.45) is 3.92. The monoisotopic (exact) mass is 412 g/mol. The molecule has 0 aliphatic carbocycles. The number of carbonyl (C=O) groups is 1. The second-order valence-electron chi connectivity index (χ2n) is 7.27. The zero-order valence-corrected chi connectivity index (χ0v) is 17.6. The molecule has 3 aromatic carbocycles. The topological polar surface area (TPSA) is 53.4 Å². The molecule has 0 radical (unpaired) electrons. The fourth-order valence-electron chi connectivity index (χ4n) is 3.55. The zero-order chi connectivity index (χ0) is 21.6. The fourth-order valence-corrected chi connectivity index (χ4v) is 3.55. The zero-order valence-electron chi connectivity index (χ0n) is 17.6. The average Bonchev–Trinajstić information content (AvgIpc) is 3.25. The van der Waals surface area contributed by atoms with Crippen molar-refractivity contribution in [1.29, 1.82) is 0 Å². The van der Waals surface area contributed by atoms with Gasteiger partial charge < -0.3 is 14.0 Å². The van der Waals surface area contributed by atoms with Gasteiger partial charge in [0.05, 0.1) is 32.7 Å². The first kappa shape index (κ1) is 20.4. The highest BCUT2D eigenvalue weighted by Crippen LogP contribution is 2.28. The number of hydrogen-bond donors (Lipinski definition) is 0. The molecule has 0 atom stereocenters. The Bertz CT molecular complexity index is 1180. The molecule has 0 spiro atoms. The molecule has 0 N–H and O–H groups in total. The number of ketones is 1. The molecule has 5 nitrogen and oxygen atoms in total. The van der Waals surface area contributed by atoms with E-state index >= 15 is 0 Å². The van der Waals surface area contributed by atoms with Gasteiger partial charge in [0, 0.05) is 18.3 Å². The Morgan fingerprint density at radius 2 is 1.65 bits per heavy atom. The van der Waals surface area contributed by atoms with E-state index in [0.717, 1.165) is 5.69 Å². The van der Waals surface area contributed by atoms with E-state index in [0.29, 0.717) is 23.6 Å². The molecule has 0 amide bonds. The lowest BCUT2D eigenvalue weighted by molar-refractivity contribution is 0.0991. The van der Waals surface area contributed by atoms with Gasteiger partial charge in [-0.15, -0.1) is 0 Å². The summed E-state index contributed by atoms with van der Waals surface area (Å²) in [6.45, 7) is 0.693. The van der Waals surface area contributed by atoms with E-state index < -0.39 is 0 Å². The molecule has 0 aliphatic rings. The van der Waals surface area contributed by atoms with E-state index in [1.165, 1.54) is 16.7 Å². The lowest BCUT2D eigenvalue weighted by atomic mass is 10.0. The van der Waals surface area contributed by atoms with Crippen molar-refractivity contribution in [2.24, 2.45) is 0 Å². The molecule has 1 aromatic heterocycles. The third-order valence-electron chi connectivity index (χ3n) is 5.13. The Kier molecular flexibility index (Phi) is 6.13. The molecular weight excluding hydrogens is 388 g/mol. The summed E-state index contributed by atoms with van der Waals surface area (Å²) >= 11 is 0. The summed E-state index contributed by atoms with van der Waals surface area (Å²) in [4.78, 5) is 17.1. The highest BCUT2D eigenvalue weighted by molar-refractivity contribution is 5.97. The normalized spacial score (nSPS) is 10.6. The van der Waals surface area contributed by atoms with Crippen LogP contribution in [0.25, 0.3) is 11.1 Å². The minimum absolute atomic E-state index is 0.0164. The molecule has 0 fully saturated rings. The number of Topliss-reactive ketones (excluding diaryl/α,β-unsaturated/α-hetero) is 1. The van der Waals surface area contributed by atoms with Crippen LogP contribution in [0.3, 0.4) is 0 Å². The van der Waals surface area contributed by atoms with Crippen molar-refractivity contribution in [3.8, 4) is 22.6 Å². The molecule has 0 aliphatic heterocycles. The quantitative estimate of drug-likeness (QED) is 0.381. The SMILES string of the molecule is COc1ccc(C(=O)Cc2cn(Cc3cccc(-c4ccccc4)c3)cn2)cc1OC. The second kappa shape index (κ2) is 9.30. The van der Waals surface area contributed by atoms with Crippen molar-refractivity contribution < 1.29 is 14.3 Å². The smallest absolute Gasteiger partial charge is 0.169 e.